The summed E-state index contributed by atoms with van der Waals surface area (Å²) < 4.78 is 5.62. The smallest absolute Gasteiger partial charge is 0.294 e. The molecule has 3 aromatic rings. The fourth-order valence-corrected chi connectivity index (χ4v) is 5.77. The van der Waals surface area contributed by atoms with Gasteiger partial charge in [0, 0.05) is 49.9 Å². The highest BCUT2D eigenvalue weighted by atomic mass is 16.6. The molecule has 3 heterocycles. The second-order valence-corrected chi connectivity index (χ2v) is 11.0. The standard InChI is InChI=1S/C28H37N9O3/c1-19-9-10-21-25(31-19)28(11-7-6-8-12-28)17-36(21)27-30-18-29-26(33-27)32-20-15-23(37(38)39)22(16-24(20)40-5)35(4)14-13-34(2)3/h9-10,15-16,18H,6-8,11-14,17H2,1-5H3,(H,29,30,32,33). The minimum Gasteiger partial charge on any atom is -0.494 e. The molecule has 1 N–H and O–H groups in total. The number of pyridine rings is 1. The molecule has 0 unspecified atom stereocenters. The van der Waals surface area contributed by atoms with Crippen LogP contribution in [0.2, 0.25) is 0 Å². The zero-order valence-corrected chi connectivity index (χ0v) is 23.8. The van der Waals surface area contributed by atoms with Crippen LogP contribution in [0.3, 0.4) is 0 Å². The number of ether oxygens (including phenoxy) is 1. The van der Waals surface area contributed by atoms with Gasteiger partial charge in [0.15, 0.2) is 0 Å². The Balaban J connectivity index is 1.46. The molecule has 0 atom stereocenters. The van der Waals surface area contributed by atoms with Crippen molar-refractivity contribution in [2.45, 2.75) is 44.4 Å². The van der Waals surface area contributed by atoms with E-state index in [2.05, 4.69) is 26.3 Å². The summed E-state index contributed by atoms with van der Waals surface area (Å²) in [6.07, 6.45) is 7.28. The lowest BCUT2D eigenvalue weighted by Gasteiger charge is -2.33. The number of aryl methyl sites for hydroxylation is 1. The molecular weight excluding hydrogens is 510 g/mol. The van der Waals surface area contributed by atoms with Crippen LogP contribution in [0, 0.1) is 17.0 Å². The molecule has 12 nitrogen and oxygen atoms in total. The molecule has 1 spiro atoms. The quantitative estimate of drug-likeness (QED) is 0.299. The number of nitrogens with one attached hydrogen (secondary N) is 1. The van der Waals surface area contributed by atoms with E-state index >= 15 is 0 Å². The van der Waals surface area contributed by atoms with Crippen LogP contribution >= 0.6 is 0 Å². The summed E-state index contributed by atoms with van der Waals surface area (Å²) in [5.74, 6) is 1.24. The van der Waals surface area contributed by atoms with Crippen molar-refractivity contribution in [3.05, 3.63) is 52.1 Å². The van der Waals surface area contributed by atoms with E-state index in [1.165, 1.54) is 38.8 Å². The van der Waals surface area contributed by atoms with Crippen LogP contribution in [-0.4, -0.2) is 77.6 Å². The molecular formula is C28H37N9O3. The highest BCUT2D eigenvalue weighted by molar-refractivity contribution is 5.77. The number of rotatable bonds is 9. The van der Waals surface area contributed by atoms with Gasteiger partial charge < -0.3 is 24.8 Å². The summed E-state index contributed by atoms with van der Waals surface area (Å²) in [6, 6.07) is 7.28. The molecule has 0 bridgehead atoms. The molecule has 1 fully saturated rings. The highest BCUT2D eigenvalue weighted by Gasteiger charge is 2.46. The molecule has 212 valence electrons. The van der Waals surface area contributed by atoms with E-state index in [4.69, 9.17) is 14.7 Å². The Labute approximate surface area is 234 Å². The molecule has 0 amide bonds. The first-order valence-corrected chi connectivity index (χ1v) is 13.6. The molecule has 0 radical (unpaired) electrons. The van der Waals surface area contributed by atoms with Crippen molar-refractivity contribution in [2.24, 2.45) is 0 Å². The van der Waals surface area contributed by atoms with Gasteiger partial charge in [-0.25, -0.2) is 9.97 Å². The van der Waals surface area contributed by atoms with Gasteiger partial charge in [0.25, 0.3) is 5.69 Å². The number of hydrogen-bond donors (Lipinski definition) is 1. The molecule has 0 saturated heterocycles. The van der Waals surface area contributed by atoms with Gasteiger partial charge in [-0.3, -0.25) is 15.1 Å². The Bertz CT molecular complexity index is 1390. The number of benzene rings is 1. The van der Waals surface area contributed by atoms with Crippen LogP contribution in [0.4, 0.5) is 34.6 Å². The summed E-state index contributed by atoms with van der Waals surface area (Å²) >= 11 is 0. The Kier molecular flexibility index (Phi) is 7.70. The number of hydrogen-bond acceptors (Lipinski definition) is 11. The van der Waals surface area contributed by atoms with E-state index in [9.17, 15) is 10.1 Å². The van der Waals surface area contributed by atoms with Gasteiger partial charge in [0.1, 0.15) is 17.8 Å². The number of fused-ring (bicyclic) bond motifs is 2. The number of aromatic nitrogens is 4. The predicted octanol–water partition coefficient (Wildman–Crippen LogP) is 4.59. The van der Waals surface area contributed by atoms with Crippen molar-refractivity contribution < 1.29 is 9.66 Å². The Morgan fingerprint density at radius 3 is 2.58 bits per heavy atom. The number of anilines is 5. The average Bonchev–Trinajstić information content (AvgIpc) is 3.24. The minimum atomic E-state index is -0.384. The topological polar surface area (TPSA) is 126 Å². The lowest BCUT2D eigenvalue weighted by Crippen LogP contribution is -2.34. The van der Waals surface area contributed by atoms with E-state index in [1.807, 2.05) is 43.9 Å². The maximum absolute atomic E-state index is 12.0. The summed E-state index contributed by atoms with van der Waals surface area (Å²) in [5.41, 5.74) is 4.01. The van der Waals surface area contributed by atoms with Gasteiger partial charge in [-0.15, -0.1) is 0 Å². The summed E-state index contributed by atoms with van der Waals surface area (Å²) in [7, 11) is 7.30. The fourth-order valence-electron chi connectivity index (χ4n) is 5.77. The lowest BCUT2D eigenvalue weighted by molar-refractivity contribution is -0.384. The van der Waals surface area contributed by atoms with Crippen molar-refractivity contribution in [3.8, 4) is 5.75 Å². The van der Waals surface area contributed by atoms with Gasteiger partial charge in [-0.2, -0.15) is 4.98 Å². The van der Waals surface area contributed by atoms with Crippen LogP contribution in [0.1, 0.15) is 43.5 Å². The van der Waals surface area contributed by atoms with Crippen molar-refractivity contribution in [2.75, 3.05) is 63.0 Å². The summed E-state index contributed by atoms with van der Waals surface area (Å²) in [6.45, 7) is 4.17. The van der Waals surface area contributed by atoms with Crippen LogP contribution in [0.25, 0.3) is 0 Å². The number of nitro groups is 1. The van der Waals surface area contributed by atoms with Crippen LogP contribution in [0.5, 0.6) is 5.75 Å². The van der Waals surface area contributed by atoms with Gasteiger partial charge in [-0.05, 0) is 46.0 Å². The largest absolute Gasteiger partial charge is 0.494 e. The predicted molar refractivity (Wildman–Crippen MR) is 155 cm³/mol. The monoisotopic (exact) mass is 547 g/mol. The zero-order chi connectivity index (χ0) is 28.4. The Hall–Kier alpha value is -4.06. The van der Waals surface area contributed by atoms with Crippen molar-refractivity contribution in [3.63, 3.8) is 0 Å². The first kappa shape index (κ1) is 27.5. The Morgan fingerprint density at radius 2 is 1.88 bits per heavy atom. The van der Waals surface area contributed by atoms with Gasteiger partial charge in [0.2, 0.25) is 11.9 Å². The van der Waals surface area contributed by atoms with Gasteiger partial charge >= 0.3 is 0 Å². The van der Waals surface area contributed by atoms with E-state index in [1.54, 1.807) is 6.07 Å². The number of nitrogens with zero attached hydrogens (tertiary/aromatic N) is 8. The Morgan fingerprint density at radius 1 is 1.10 bits per heavy atom. The molecule has 5 rings (SSSR count). The normalized spacial score (nSPS) is 15.8. The molecule has 12 heteroatoms. The van der Waals surface area contributed by atoms with Crippen LogP contribution in [0.15, 0.2) is 30.6 Å². The number of nitro benzene ring substituents is 1. The minimum absolute atomic E-state index is 0.00189. The first-order valence-electron chi connectivity index (χ1n) is 13.6. The molecule has 1 saturated carbocycles. The van der Waals surface area contributed by atoms with E-state index in [0.29, 0.717) is 29.6 Å². The maximum Gasteiger partial charge on any atom is 0.294 e. The van der Waals surface area contributed by atoms with E-state index < -0.39 is 0 Å². The number of methoxy groups -OCH3 is 1. The number of likely N-dealkylation sites (N-methyl/N-ethyl adjacent to an activating group) is 2. The fraction of sp³-hybridized carbons (Fsp3) is 0.500. The third-order valence-corrected chi connectivity index (χ3v) is 7.91. The van der Waals surface area contributed by atoms with Crippen molar-refractivity contribution in [1.29, 1.82) is 0 Å². The maximum atomic E-state index is 12.0. The molecule has 2 aromatic heterocycles. The highest BCUT2D eigenvalue weighted by Crippen LogP contribution is 2.50. The zero-order valence-electron chi connectivity index (χ0n) is 23.8. The van der Waals surface area contributed by atoms with Crippen LogP contribution in [-0.2, 0) is 5.41 Å². The average molecular weight is 548 g/mol. The third-order valence-electron chi connectivity index (χ3n) is 7.91. The van der Waals surface area contributed by atoms with Crippen LogP contribution < -0.4 is 19.9 Å². The summed E-state index contributed by atoms with van der Waals surface area (Å²) in [5, 5.41) is 15.2. The molecule has 1 aromatic carbocycles. The van der Waals surface area contributed by atoms with Gasteiger partial charge in [-0.1, -0.05) is 19.3 Å². The van der Waals surface area contributed by atoms with Crippen molar-refractivity contribution >= 4 is 34.6 Å². The second-order valence-electron chi connectivity index (χ2n) is 11.0. The van der Waals surface area contributed by atoms with E-state index in [-0.39, 0.29) is 22.0 Å². The molecule has 1 aliphatic heterocycles. The van der Waals surface area contributed by atoms with E-state index in [0.717, 1.165) is 43.0 Å². The molecule has 40 heavy (non-hydrogen) atoms. The van der Waals surface area contributed by atoms with Gasteiger partial charge in [0.05, 0.1) is 29.1 Å². The molecule has 1 aliphatic carbocycles. The SMILES string of the molecule is COc1cc(N(C)CCN(C)C)c([N+](=O)[O-])cc1Nc1ncnc(N2CC3(CCCCC3)c3nc(C)ccc32)n1. The summed E-state index contributed by atoms with van der Waals surface area (Å²) in [4.78, 5) is 36.2. The third kappa shape index (κ3) is 5.35. The molecule has 2 aliphatic rings. The first-order chi connectivity index (χ1) is 19.2. The second kappa shape index (κ2) is 11.2. The van der Waals surface area contributed by atoms with Crippen molar-refractivity contribution in [1.82, 2.24) is 24.8 Å². The lowest BCUT2D eigenvalue weighted by atomic mass is 9.73.